The van der Waals surface area contributed by atoms with Crippen LogP contribution in [0.5, 0.6) is 0 Å². The van der Waals surface area contributed by atoms with Gasteiger partial charge >= 0.3 is 6.03 Å². The Morgan fingerprint density at radius 1 is 1.03 bits per heavy atom. The van der Waals surface area contributed by atoms with E-state index in [0.717, 1.165) is 11.0 Å². The van der Waals surface area contributed by atoms with Crippen molar-refractivity contribution in [2.24, 2.45) is 0 Å². The molecule has 0 bridgehead atoms. The molecular weight excluding hydrogens is 407 g/mol. The molecule has 1 aliphatic heterocycles. The fraction of sp³-hybridized carbons (Fsp3) is 0.200. The second-order valence-electron chi connectivity index (χ2n) is 6.44. The molecule has 1 atom stereocenters. The molecule has 3 aromatic rings. The van der Waals surface area contributed by atoms with Crippen molar-refractivity contribution in [3.63, 3.8) is 0 Å². The van der Waals surface area contributed by atoms with Crippen molar-refractivity contribution in [3.8, 4) is 0 Å². The number of halogens is 4. The molecule has 4 rings (SSSR count). The van der Waals surface area contributed by atoms with Crippen LogP contribution >= 0.6 is 11.6 Å². The van der Waals surface area contributed by atoms with Gasteiger partial charge in [-0.1, -0.05) is 31.2 Å². The number of urea groups is 1. The zero-order valence-electron chi connectivity index (χ0n) is 14.2. The molecule has 5 nitrogen and oxygen atoms in total. The molecule has 0 saturated carbocycles. The van der Waals surface area contributed by atoms with Crippen molar-refractivity contribution in [3.05, 3.63) is 70.1 Å². The minimum Gasteiger partial charge on any atom is -0.360 e. The third kappa shape index (κ3) is 3.55. The molecule has 3 amide bonds. The lowest BCUT2D eigenvalue weighted by Crippen LogP contribution is -2.32. The quantitative estimate of drug-likeness (QED) is 0.605. The van der Waals surface area contributed by atoms with E-state index in [-0.39, 0.29) is 31.0 Å². The number of rotatable bonds is 4. The van der Waals surface area contributed by atoms with Gasteiger partial charge in [0.15, 0.2) is 11.6 Å². The molecule has 29 heavy (non-hydrogen) atoms. The van der Waals surface area contributed by atoms with Gasteiger partial charge in [-0.3, -0.25) is 9.69 Å². The number of hydrogen-bond acceptors (Lipinski definition) is 2. The van der Waals surface area contributed by atoms with Gasteiger partial charge in [-0.2, -0.15) is 0 Å². The Kier molecular flexibility index (Phi) is 5.57. The Hall–Kier alpha value is -3.00. The maximum Gasteiger partial charge on any atom is 0.325 e. The highest BCUT2D eigenvalue weighted by Crippen LogP contribution is 2.29. The van der Waals surface area contributed by atoms with Crippen LogP contribution in [0.3, 0.4) is 0 Å². The number of nitrogens with one attached hydrogen (secondary N) is 2. The van der Waals surface area contributed by atoms with Gasteiger partial charge in [-0.25, -0.2) is 18.0 Å². The van der Waals surface area contributed by atoms with Gasteiger partial charge in [-0.15, -0.1) is 0 Å². The average molecular weight is 424 g/mol. The first-order chi connectivity index (χ1) is 13.4. The van der Waals surface area contributed by atoms with Crippen LogP contribution < -0.4 is 5.32 Å². The summed E-state index contributed by atoms with van der Waals surface area (Å²) < 4.78 is 40.8. The van der Waals surface area contributed by atoms with Crippen molar-refractivity contribution >= 4 is 34.4 Å². The van der Waals surface area contributed by atoms with E-state index in [1.54, 1.807) is 6.20 Å². The lowest BCUT2D eigenvalue weighted by atomic mass is 10.0. The van der Waals surface area contributed by atoms with E-state index < -0.39 is 35.4 Å². The van der Waals surface area contributed by atoms with Crippen LogP contribution in [0.2, 0.25) is 5.02 Å². The fourth-order valence-corrected chi connectivity index (χ4v) is 3.51. The van der Waals surface area contributed by atoms with E-state index in [0.29, 0.717) is 16.5 Å². The molecule has 1 aromatic heterocycles. The number of aromatic amines is 1. The third-order valence-electron chi connectivity index (χ3n) is 4.72. The zero-order chi connectivity index (χ0) is 20.0. The number of hydrogen-bond donors (Lipinski definition) is 2. The molecule has 2 heterocycles. The van der Waals surface area contributed by atoms with Gasteiger partial charge in [0.2, 0.25) is 0 Å². The highest BCUT2D eigenvalue weighted by Gasteiger charge is 2.38. The molecule has 152 valence electrons. The molecule has 0 radical (unpaired) electrons. The van der Waals surface area contributed by atoms with E-state index in [2.05, 4.69) is 10.3 Å². The summed E-state index contributed by atoms with van der Waals surface area (Å²) in [5.41, 5.74) is 0.958. The highest BCUT2D eigenvalue weighted by atomic mass is 35.5. The van der Waals surface area contributed by atoms with Crippen LogP contribution in [0.25, 0.3) is 10.9 Å². The van der Waals surface area contributed by atoms with Crippen molar-refractivity contribution in [1.29, 1.82) is 0 Å². The summed E-state index contributed by atoms with van der Waals surface area (Å²) in [7, 11) is 0. The first kappa shape index (κ1) is 20.7. The number of nitrogens with zero attached hydrogens (tertiary/aromatic N) is 1. The summed E-state index contributed by atoms with van der Waals surface area (Å²) >= 11 is 5.93. The molecule has 2 aromatic carbocycles. The van der Waals surface area contributed by atoms with Gasteiger partial charge in [0.25, 0.3) is 5.91 Å². The van der Waals surface area contributed by atoms with Gasteiger partial charge in [0, 0.05) is 23.6 Å². The number of fused-ring (bicyclic) bond motifs is 1. The number of H-pyrrole nitrogens is 1. The van der Waals surface area contributed by atoms with Crippen LogP contribution in [0.1, 0.15) is 18.6 Å². The highest BCUT2D eigenvalue weighted by molar-refractivity contribution is 6.35. The van der Waals surface area contributed by atoms with Crippen molar-refractivity contribution in [1.82, 2.24) is 15.2 Å². The number of amides is 3. The number of benzene rings is 2. The molecule has 1 fully saturated rings. The Morgan fingerprint density at radius 3 is 2.55 bits per heavy atom. The topological polar surface area (TPSA) is 65.2 Å². The van der Waals surface area contributed by atoms with E-state index in [4.69, 9.17) is 11.6 Å². The number of aromatic nitrogens is 1. The van der Waals surface area contributed by atoms with Crippen LogP contribution in [0.4, 0.5) is 18.0 Å². The van der Waals surface area contributed by atoms with Crippen LogP contribution in [-0.2, 0) is 17.8 Å². The predicted octanol–water partition coefficient (Wildman–Crippen LogP) is 4.54. The minimum absolute atomic E-state index is 0. The fourth-order valence-electron chi connectivity index (χ4n) is 3.29. The second kappa shape index (κ2) is 7.79. The number of carbonyl (C=O) groups is 2. The maximum absolute atomic E-state index is 13.9. The number of imide groups is 1. The molecule has 0 spiro atoms. The largest absolute Gasteiger partial charge is 0.360 e. The Balaban J connectivity index is 0.00000240. The lowest BCUT2D eigenvalue weighted by Gasteiger charge is -2.14. The van der Waals surface area contributed by atoms with Crippen LogP contribution in [0.15, 0.2) is 36.5 Å². The second-order valence-corrected chi connectivity index (χ2v) is 6.82. The van der Waals surface area contributed by atoms with E-state index in [1.807, 2.05) is 0 Å². The van der Waals surface area contributed by atoms with Gasteiger partial charge in [0.05, 0.1) is 12.1 Å². The smallest absolute Gasteiger partial charge is 0.325 e. The normalized spacial score (nSPS) is 16.3. The molecule has 2 N–H and O–H groups in total. The van der Waals surface area contributed by atoms with E-state index in [1.165, 1.54) is 24.3 Å². The zero-order valence-corrected chi connectivity index (χ0v) is 15.0. The van der Waals surface area contributed by atoms with Crippen molar-refractivity contribution < 1.29 is 22.8 Å². The van der Waals surface area contributed by atoms with Crippen molar-refractivity contribution in [2.45, 2.75) is 26.4 Å². The summed E-state index contributed by atoms with van der Waals surface area (Å²) in [5, 5.41) is 3.10. The van der Waals surface area contributed by atoms with Crippen molar-refractivity contribution in [2.75, 3.05) is 0 Å². The first-order valence-corrected chi connectivity index (χ1v) is 8.73. The first-order valence-electron chi connectivity index (χ1n) is 8.35. The lowest BCUT2D eigenvalue weighted by molar-refractivity contribution is -0.127. The summed E-state index contributed by atoms with van der Waals surface area (Å²) in [5.74, 6) is -3.28. The monoisotopic (exact) mass is 423 g/mol. The average Bonchev–Trinajstić information content (AvgIpc) is 3.18. The molecule has 1 aliphatic rings. The summed E-state index contributed by atoms with van der Waals surface area (Å²) in [6, 6.07) is 4.74. The molecular formula is C20H17ClF3N3O2. The predicted molar refractivity (Wildman–Crippen MR) is 103 cm³/mol. The van der Waals surface area contributed by atoms with E-state index >= 15 is 0 Å². The summed E-state index contributed by atoms with van der Waals surface area (Å²) in [4.78, 5) is 28.5. The molecule has 0 unspecified atom stereocenters. The molecule has 9 heteroatoms. The van der Waals surface area contributed by atoms with Gasteiger partial charge in [-0.05, 0) is 23.8 Å². The third-order valence-corrected chi connectivity index (χ3v) is 5.09. The summed E-state index contributed by atoms with van der Waals surface area (Å²) in [6.07, 6.45) is 1.72. The minimum atomic E-state index is -1.10. The molecule has 1 saturated heterocycles. The van der Waals surface area contributed by atoms with Crippen LogP contribution in [-0.4, -0.2) is 27.9 Å². The van der Waals surface area contributed by atoms with E-state index in [9.17, 15) is 22.8 Å². The Bertz CT molecular complexity index is 1120. The maximum atomic E-state index is 13.9. The molecule has 0 aliphatic carbocycles. The number of carbonyl (C=O) groups excluding carboxylic acids is 2. The van der Waals surface area contributed by atoms with Gasteiger partial charge < -0.3 is 10.3 Å². The SMILES string of the molecule is C.O=C1N[C@H](Cc2c[nH]c3c(Cl)c(F)ccc23)C(=O)N1Cc1cccc(F)c1F. The van der Waals surface area contributed by atoms with Gasteiger partial charge in [0.1, 0.15) is 16.9 Å². The summed E-state index contributed by atoms with van der Waals surface area (Å²) in [6.45, 7) is -0.379. The Labute approximate surface area is 169 Å². The Morgan fingerprint density at radius 2 is 1.79 bits per heavy atom. The standard InChI is InChI=1S/C19H13ClF3N3O2.CH4/c20-15-12(21)5-4-11-10(7-24-17(11)15)6-14-18(27)26(19(28)25-14)8-9-2-1-3-13(22)16(9)23;/h1-5,7,14,24H,6,8H2,(H,25,28);1H4/t14-;/m1./s1. The van der Waals surface area contributed by atoms with Crippen LogP contribution in [0, 0.1) is 17.5 Å².